The van der Waals surface area contributed by atoms with Crippen LogP contribution in [-0.2, 0) is 31.9 Å². The standard InChI is InChI=1S/C58H49F3N14O12S6/c1-4-28-52-71-33(18-90-52)46(80)66-30-13-39(78)56(85)87-15-24-6-5-7-29-40(24)22(2)41(64-29)57(86)93-21-37(68-48(82)34-19-91-53(30)72-34)54-69-32(16-89-54)43-27(51-70-36(17-88-51)49(83)75-42(23(3)76)50(84)65-28)12-38(77)44(74-43)55-73-35(20-92-55)47(81)67-31(45(62)79)14-63-26-10-8-25(9-11-26)58(59,60)61/h4-12,16-20,23,30-31,37,39,42,63-64,76-78H,13-15,21H2,1-3H3,(H2,62,79)(H,65,84)(H,66,80)(H,67,81)(H,68,82)(H,75,83)/b28-4-/t23-,30+,31?,37+,39-,42+/m1/s1. The van der Waals surface area contributed by atoms with Gasteiger partial charge in [-0.2, -0.15) is 13.2 Å². The fourth-order valence-electron chi connectivity index (χ4n) is 9.63. The third-order valence-electron chi connectivity index (χ3n) is 14.4. The van der Waals surface area contributed by atoms with Gasteiger partial charge in [-0.3, -0.25) is 33.6 Å². The number of esters is 1. The molecule has 35 heteroatoms. The summed E-state index contributed by atoms with van der Waals surface area (Å²) in [4.78, 5) is 142. The Morgan fingerprint density at radius 2 is 1.43 bits per heavy atom. The third-order valence-corrected chi connectivity index (χ3v) is 19.9. The fourth-order valence-corrected chi connectivity index (χ4v) is 14.8. The van der Waals surface area contributed by atoms with Gasteiger partial charge in [-0.15, -0.1) is 56.7 Å². The molecule has 6 atom stereocenters. The van der Waals surface area contributed by atoms with Gasteiger partial charge in [0.15, 0.2) is 6.10 Å². The van der Waals surface area contributed by atoms with Crippen LogP contribution < -0.4 is 37.6 Å². The number of hydrogen-bond acceptors (Lipinski definition) is 25. The number of amides is 6. The zero-order chi connectivity index (χ0) is 66.2. The Kier molecular flexibility index (Phi) is 19.0. The second-order valence-corrected chi connectivity index (χ2v) is 26.1. The number of benzene rings is 2. The number of carbonyl (C=O) groups excluding carboxylic acids is 8. The zero-order valence-corrected chi connectivity index (χ0v) is 53.1. The number of aliphatic hydroxyl groups excluding tert-OH is 2. The lowest BCUT2D eigenvalue weighted by Gasteiger charge is -2.21. The first-order chi connectivity index (χ1) is 44.4. The number of aryl methyl sites for hydroxylation is 1. The van der Waals surface area contributed by atoms with Crippen LogP contribution in [0.1, 0.15) is 117 Å². The Hall–Kier alpha value is -9.36. The number of ether oxygens (including phenoxy) is 1. The van der Waals surface area contributed by atoms with Crippen molar-refractivity contribution in [2.75, 3.05) is 17.6 Å². The minimum Gasteiger partial charge on any atom is -0.506 e. The van der Waals surface area contributed by atoms with Crippen molar-refractivity contribution in [1.82, 2.24) is 61.5 Å². The van der Waals surface area contributed by atoms with Gasteiger partial charge in [0.1, 0.15) is 89.3 Å². The molecule has 7 aromatic heterocycles. The van der Waals surface area contributed by atoms with Crippen LogP contribution in [0.3, 0.4) is 0 Å². The van der Waals surface area contributed by atoms with Crippen LogP contribution in [0.25, 0.3) is 49.3 Å². The van der Waals surface area contributed by atoms with E-state index in [4.69, 9.17) is 20.4 Å². The first-order valence-electron chi connectivity index (χ1n) is 27.6. The highest BCUT2D eigenvalue weighted by molar-refractivity contribution is 8.14. The topological polar surface area (TPSA) is 398 Å². The number of allylic oxidation sites excluding steroid dienone is 1. The molecule has 6 amide bonds. The normalized spacial score (nSPS) is 18.9. The maximum Gasteiger partial charge on any atom is 0.416 e. The molecule has 2 aliphatic heterocycles. The van der Waals surface area contributed by atoms with E-state index in [0.29, 0.717) is 22.0 Å². The number of nitrogens with one attached hydrogen (secondary N) is 7. The highest BCUT2D eigenvalue weighted by Crippen LogP contribution is 2.42. The van der Waals surface area contributed by atoms with E-state index in [2.05, 4.69) is 56.8 Å². The van der Waals surface area contributed by atoms with Crippen molar-refractivity contribution < 1.29 is 71.6 Å². The number of rotatable bonds is 8. The van der Waals surface area contributed by atoms with E-state index >= 15 is 0 Å². The number of aromatic hydroxyl groups is 1. The molecule has 0 saturated heterocycles. The monoisotopic (exact) mass is 1380 g/mol. The largest absolute Gasteiger partial charge is 0.506 e. The Labute approximate surface area is 546 Å². The van der Waals surface area contributed by atoms with E-state index in [9.17, 15) is 66.8 Å². The Balaban J connectivity index is 0.993. The molecule has 11 rings (SSSR count). The van der Waals surface area contributed by atoms with Crippen LogP contribution in [0.5, 0.6) is 5.75 Å². The molecule has 480 valence electrons. The Morgan fingerprint density at radius 1 is 0.796 bits per heavy atom. The number of aromatic nitrogens is 7. The predicted octanol–water partition coefficient (Wildman–Crippen LogP) is 6.87. The molecule has 1 unspecified atom stereocenters. The molecule has 9 heterocycles. The number of halogens is 3. The minimum atomic E-state index is -4.59. The number of hydrogen-bond donors (Lipinski definition) is 11. The van der Waals surface area contributed by atoms with Crippen LogP contribution >= 0.6 is 68.4 Å². The van der Waals surface area contributed by atoms with Crippen molar-refractivity contribution in [3.63, 3.8) is 0 Å². The average molecular weight is 1380 g/mol. The maximum absolute atomic E-state index is 14.6. The van der Waals surface area contributed by atoms with Crippen molar-refractivity contribution in [2.45, 2.75) is 76.4 Å². The SMILES string of the molecule is C/C=C1\NC(=O)[C@H]([C@@H](C)O)NC(=O)c2csc(n2)-c2cc(O)c(-c3nc(C(=O)NC(CNc4ccc(C(F)(F)F)cc4)C(N)=O)cs3)nc2-c2csc(n2)[C@@H]2CSC(=O)c3[nH]c4cccc(c4c3C)COC(=O)[C@H](O)C[C@H](NC(=O)c3csc1n3)c1nc(cs1)C(=O)N2. The van der Waals surface area contributed by atoms with Gasteiger partial charge < -0.3 is 62.7 Å². The summed E-state index contributed by atoms with van der Waals surface area (Å²) in [6.45, 7) is 3.89. The maximum atomic E-state index is 14.6. The molecule has 0 radical (unpaired) electrons. The Morgan fingerprint density at radius 3 is 2.13 bits per heavy atom. The van der Waals surface area contributed by atoms with E-state index in [1.165, 1.54) is 40.6 Å². The summed E-state index contributed by atoms with van der Waals surface area (Å²) in [5.74, 6) is -7.01. The molecule has 0 saturated carbocycles. The van der Waals surface area contributed by atoms with Crippen LogP contribution in [0.15, 0.2) is 81.5 Å². The number of fused-ring (bicyclic) bond motifs is 13. The summed E-state index contributed by atoms with van der Waals surface area (Å²) < 4.78 is 45.2. The van der Waals surface area contributed by atoms with Crippen LogP contribution in [-0.4, -0.2) is 133 Å². The number of aromatic amines is 1. The molecule has 12 bridgehead atoms. The quantitative estimate of drug-likeness (QED) is 0.0691. The average Bonchev–Trinajstić information content (AvgIpc) is 1.72. The summed E-state index contributed by atoms with van der Waals surface area (Å²) in [5, 5.41) is 57.9. The molecule has 93 heavy (non-hydrogen) atoms. The van der Waals surface area contributed by atoms with E-state index in [-0.39, 0.29) is 106 Å². The highest BCUT2D eigenvalue weighted by Gasteiger charge is 2.35. The molecule has 2 aromatic carbocycles. The highest BCUT2D eigenvalue weighted by atomic mass is 32.2. The van der Waals surface area contributed by atoms with Crippen molar-refractivity contribution in [1.29, 1.82) is 0 Å². The van der Waals surface area contributed by atoms with Gasteiger partial charge in [0.25, 0.3) is 23.6 Å². The van der Waals surface area contributed by atoms with Gasteiger partial charge in [-0.05, 0) is 68.3 Å². The lowest BCUT2D eigenvalue weighted by atomic mass is 10.1. The first kappa shape index (κ1) is 65.1. The van der Waals surface area contributed by atoms with Crippen LogP contribution in [0, 0.1) is 6.92 Å². The number of pyridine rings is 1. The molecule has 9 aromatic rings. The van der Waals surface area contributed by atoms with Gasteiger partial charge in [-0.1, -0.05) is 30.0 Å². The number of primary amides is 1. The summed E-state index contributed by atoms with van der Waals surface area (Å²) in [6, 6.07) is 4.97. The zero-order valence-electron chi connectivity index (χ0n) is 48.2. The van der Waals surface area contributed by atoms with Crippen molar-refractivity contribution in [3.05, 3.63) is 142 Å². The van der Waals surface area contributed by atoms with Gasteiger partial charge in [0, 0.05) is 67.8 Å². The van der Waals surface area contributed by atoms with Gasteiger partial charge >= 0.3 is 12.1 Å². The van der Waals surface area contributed by atoms with Gasteiger partial charge in [0.05, 0.1) is 35.1 Å². The first-order valence-corrected chi connectivity index (χ1v) is 33.0. The van der Waals surface area contributed by atoms with E-state index < -0.39 is 107 Å². The summed E-state index contributed by atoms with van der Waals surface area (Å²) in [6.07, 6.45) is -6.99. The summed E-state index contributed by atoms with van der Waals surface area (Å²) in [7, 11) is 0. The van der Waals surface area contributed by atoms with E-state index in [1.54, 1.807) is 37.4 Å². The van der Waals surface area contributed by atoms with E-state index in [0.717, 1.165) is 92.7 Å². The molecule has 0 aliphatic carbocycles. The number of carbonyl (C=O) groups is 8. The molecule has 0 spiro atoms. The molecule has 26 nitrogen and oxygen atoms in total. The third kappa shape index (κ3) is 14.2. The molecular weight excluding hydrogens is 1330 g/mol. The lowest BCUT2D eigenvalue weighted by Crippen LogP contribution is -2.52. The number of nitrogens with zero attached hydrogens (tertiary/aromatic N) is 6. The predicted molar refractivity (Wildman–Crippen MR) is 339 cm³/mol. The number of aliphatic hydroxyl groups is 2. The molecule has 12 N–H and O–H groups in total. The second kappa shape index (κ2) is 27.1. The Bertz CT molecular complexity index is 4480. The van der Waals surface area contributed by atoms with E-state index in [1.807, 2.05) is 0 Å². The van der Waals surface area contributed by atoms with Crippen LogP contribution in [0.4, 0.5) is 18.9 Å². The van der Waals surface area contributed by atoms with Crippen molar-refractivity contribution >= 4 is 137 Å². The minimum absolute atomic E-state index is 0.000365. The number of nitrogens with two attached hydrogens (primary N) is 1. The lowest BCUT2D eigenvalue weighted by molar-refractivity contribution is -0.155. The van der Waals surface area contributed by atoms with Gasteiger partial charge in [0.2, 0.25) is 16.9 Å². The van der Waals surface area contributed by atoms with Crippen LogP contribution in [0.2, 0.25) is 0 Å². The van der Waals surface area contributed by atoms with Crippen molar-refractivity contribution in [3.8, 4) is 38.4 Å². The number of alkyl halides is 3. The summed E-state index contributed by atoms with van der Waals surface area (Å²) >= 11 is 5.52. The number of H-pyrrole nitrogens is 1. The fraction of sp³-hybridized carbons (Fsp3) is 0.241. The number of cyclic esters (lactones) is 1. The smallest absolute Gasteiger partial charge is 0.416 e. The number of anilines is 1. The second-order valence-electron chi connectivity index (χ2n) is 20.8. The molecular formula is C58H49F3N14O12S6. The van der Waals surface area contributed by atoms with Crippen molar-refractivity contribution in [2.24, 2.45) is 5.73 Å². The molecule has 0 fully saturated rings. The number of thioether (sulfide) groups is 1. The summed E-state index contributed by atoms with van der Waals surface area (Å²) in [5.41, 5.74) is 5.87. The molecule has 2 aliphatic rings. The number of thiazole rings is 5. The van der Waals surface area contributed by atoms with Gasteiger partial charge in [-0.25, -0.2) is 34.7 Å².